The first-order chi connectivity index (χ1) is 14.9. The van der Waals surface area contributed by atoms with Crippen molar-refractivity contribution in [3.63, 3.8) is 0 Å². The van der Waals surface area contributed by atoms with E-state index in [1.165, 1.54) is 27.7 Å². The molecule has 0 amide bonds. The van der Waals surface area contributed by atoms with Gasteiger partial charge in [-0.05, 0) is 63.1 Å². The summed E-state index contributed by atoms with van der Waals surface area (Å²) in [4.78, 5) is 0. The molecule has 2 aromatic rings. The molecule has 0 radical (unpaired) electrons. The number of hydrogen-bond acceptors (Lipinski definition) is 2. The molecular weight excluding hydrogens is 446 g/mol. The summed E-state index contributed by atoms with van der Waals surface area (Å²) in [5, 5.41) is 19.3. The summed E-state index contributed by atoms with van der Waals surface area (Å²) in [7, 11) is 0. The molecule has 0 aromatic heterocycles. The van der Waals surface area contributed by atoms with E-state index < -0.39 is 40.1 Å². The molecule has 0 aliphatic carbocycles. The van der Waals surface area contributed by atoms with E-state index in [4.69, 9.17) is 0 Å². The molecule has 0 atom stereocenters. The van der Waals surface area contributed by atoms with Crippen LogP contribution in [0.2, 0.25) is 0 Å². The summed E-state index contributed by atoms with van der Waals surface area (Å²) in [6.45, 7) is 5.56. The molecule has 33 heavy (non-hydrogen) atoms. The van der Waals surface area contributed by atoms with Crippen molar-refractivity contribution in [1.29, 1.82) is 0 Å². The number of hydrogen-bond donors (Lipinski definition) is 2. The lowest BCUT2D eigenvalue weighted by Crippen LogP contribution is -2.54. The molecule has 2 rings (SSSR count). The summed E-state index contributed by atoms with van der Waals surface area (Å²) in [6.07, 6.45) is -11.4. The summed E-state index contributed by atoms with van der Waals surface area (Å²) in [6, 6.07) is 7.11. The molecule has 2 aromatic carbocycles. The highest BCUT2D eigenvalue weighted by atomic mass is 19.4. The summed E-state index contributed by atoms with van der Waals surface area (Å²) in [5.74, 6) is 9.93. The van der Waals surface area contributed by atoms with Gasteiger partial charge in [-0.1, -0.05) is 47.9 Å². The monoisotopic (exact) mass is 468 g/mol. The predicted molar refractivity (Wildman–Crippen MR) is 112 cm³/mol. The fraction of sp³-hybridized carbons (Fsp3) is 0.360. The lowest BCUT2D eigenvalue weighted by atomic mass is 9.72. The van der Waals surface area contributed by atoms with Gasteiger partial charge in [0.15, 0.2) is 0 Å². The van der Waals surface area contributed by atoms with E-state index in [1.54, 1.807) is 0 Å². The quantitative estimate of drug-likeness (QED) is 0.461. The average Bonchev–Trinajstić information content (AvgIpc) is 2.64. The maximum absolute atomic E-state index is 14.2. The fourth-order valence-corrected chi connectivity index (χ4v) is 3.04. The first kappa shape index (κ1) is 26.3. The van der Waals surface area contributed by atoms with Gasteiger partial charge in [-0.15, -0.1) is 0 Å². The SMILES string of the molecule is CC(C)(O)C#Cc1ccc(C(c2ccc(C#CC(C)(C)O)cc2)(C(F)(F)F)C(F)(F)F)cc1. The minimum absolute atomic E-state index is 0.149. The highest BCUT2D eigenvalue weighted by molar-refractivity contribution is 5.49. The molecule has 0 fully saturated rings. The zero-order chi connectivity index (χ0) is 25.3. The Morgan fingerprint density at radius 3 is 1.03 bits per heavy atom. The van der Waals surface area contributed by atoms with Crippen molar-refractivity contribution in [2.75, 3.05) is 0 Å². The third-order valence-electron chi connectivity index (χ3n) is 4.51. The largest absolute Gasteiger partial charge is 0.411 e. The van der Waals surface area contributed by atoms with Gasteiger partial charge in [0.2, 0.25) is 5.41 Å². The highest BCUT2D eigenvalue weighted by Crippen LogP contribution is 2.56. The average molecular weight is 468 g/mol. The Morgan fingerprint density at radius 1 is 0.545 bits per heavy atom. The molecule has 176 valence electrons. The van der Waals surface area contributed by atoms with Crippen LogP contribution in [0.4, 0.5) is 26.3 Å². The van der Waals surface area contributed by atoms with Gasteiger partial charge < -0.3 is 10.2 Å². The Bertz CT molecular complexity index is 998. The van der Waals surface area contributed by atoms with Crippen LogP contribution >= 0.6 is 0 Å². The van der Waals surface area contributed by atoms with Crippen LogP contribution in [0.1, 0.15) is 49.9 Å². The van der Waals surface area contributed by atoms with Gasteiger partial charge >= 0.3 is 12.4 Å². The van der Waals surface area contributed by atoms with Crippen LogP contribution in [0.15, 0.2) is 48.5 Å². The van der Waals surface area contributed by atoms with Gasteiger partial charge in [0.05, 0.1) is 0 Å². The van der Waals surface area contributed by atoms with E-state index >= 15 is 0 Å². The third kappa shape index (κ3) is 6.10. The van der Waals surface area contributed by atoms with Gasteiger partial charge in [-0.2, -0.15) is 26.3 Å². The van der Waals surface area contributed by atoms with Crippen LogP contribution < -0.4 is 0 Å². The van der Waals surface area contributed by atoms with Gasteiger partial charge in [0, 0.05) is 11.1 Å². The topological polar surface area (TPSA) is 40.5 Å². The molecule has 0 bridgehead atoms. The molecule has 0 aliphatic heterocycles. The molecule has 0 unspecified atom stereocenters. The standard InChI is InChI=1S/C25H22F6O2/c1-21(2,32)15-13-17-5-9-19(10-6-17)23(24(26,27)28,25(29,30)31)20-11-7-18(8-12-20)14-16-22(3,4)33/h5-12,32-33H,1-4H3. The van der Waals surface area contributed by atoms with Gasteiger partial charge in [-0.3, -0.25) is 0 Å². The van der Waals surface area contributed by atoms with Crippen molar-refractivity contribution < 1.29 is 36.6 Å². The van der Waals surface area contributed by atoms with Crippen molar-refractivity contribution >= 4 is 0 Å². The summed E-state index contributed by atoms with van der Waals surface area (Å²) < 4.78 is 85.3. The highest BCUT2D eigenvalue weighted by Gasteiger charge is 2.72. The Balaban J connectivity index is 2.69. The molecule has 0 saturated heterocycles. The minimum atomic E-state index is -5.72. The van der Waals surface area contributed by atoms with Crippen molar-refractivity contribution in [2.45, 2.75) is 56.7 Å². The van der Waals surface area contributed by atoms with E-state index in [0.29, 0.717) is 0 Å². The second kappa shape index (κ2) is 8.78. The summed E-state index contributed by atoms with van der Waals surface area (Å²) in [5.41, 5.74) is -8.79. The molecule has 0 aliphatic rings. The summed E-state index contributed by atoms with van der Waals surface area (Å²) >= 11 is 0. The van der Waals surface area contributed by atoms with Crippen LogP contribution in [0, 0.1) is 23.7 Å². The third-order valence-corrected chi connectivity index (χ3v) is 4.51. The Kier molecular flexibility index (Phi) is 7.00. The second-order valence-corrected chi connectivity index (χ2v) is 8.52. The first-order valence-corrected chi connectivity index (χ1v) is 9.72. The molecule has 2 N–H and O–H groups in total. The van der Waals surface area contributed by atoms with Crippen LogP contribution in [0.3, 0.4) is 0 Å². The van der Waals surface area contributed by atoms with Gasteiger partial charge in [0.25, 0.3) is 0 Å². The van der Waals surface area contributed by atoms with Crippen molar-refractivity contribution in [3.05, 3.63) is 70.8 Å². The molecule has 0 heterocycles. The van der Waals surface area contributed by atoms with E-state index in [2.05, 4.69) is 23.7 Å². The molecular formula is C25H22F6O2. The Hall–Kier alpha value is -2.94. The lowest BCUT2D eigenvalue weighted by molar-refractivity contribution is -0.288. The fourth-order valence-electron chi connectivity index (χ4n) is 3.04. The number of alkyl halides is 6. The van der Waals surface area contributed by atoms with E-state index in [1.807, 2.05) is 0 Å². The normalized spacial score (nSPS) is 13.0. The van der Waals surface area contributed by atoms with Crippen molar-refractivity contribution in [2.24, 2.45) is 0 Å². The number of aliphatic hydroxyl groups is 2. The van der Waals surface area contributed by atoms with Gasteiger partial charge in [0.1, 0.15) is 11.2 Å². The number of rotatable bonds is 2. The van der Waals surface area contributed by atoms with Crippen molar-refractivity contribution in [3.8, 4) is 23.7 Å². The van der Waals surface area contributed by atoms with Crippen LogP contribution in [0.5, 0.6) is 0 Å². The molecule has 8 heteroatoms. The van der Waals surface area contributed by atoms with E-state index in [9.17, 15) is 36.6 Å². The lowest BCUT2D eigenvalue weighted by Gasteiger charge is -2.38. The minimum Gasteiger partial charge on any atom is -0.378 e. The predicted octanol–water partition coefficient (Wildman–Crippen LogP) is 5.34. The van der Waals surface area contributed by atoms with Crippen molar-refractivity contribution in [1.82, 2.24) is 0 Å². The first-order valence-electron chi connectivity index (χ1n) is 9.72. The maximum atomic E-state index is 14.2. The smallest absolute Gasteiger partial charge is 0.378 e. The van der Waals surface area contributed by atoms with E-state index in [0.717, 1.165) is 48.5 Å². The molecule has 0 spiro atoms. The van der Waals surface area contributed by atoms with E-state index in [-0.39, 0.29) is 11.1 Å². The Morgan fingerprint density at radius 2 is 0.818 bits per heavy atom. The maximum Gasteiger partial charge on any atom is 0.411 e. The van der Waals surface area contributed by atoms with Crippen LogP contribution in [-0.2, 0) is 5.41 Å². The molecule has 0 saturated carbocycles. The van der Waals surface area contributed by atoms with Crippen LogP contribution in [0.25, 0.3) is 0 Å². The Labute approximate surface area is 188 Å². The second-order valence-electron chi connectivity index (χ2n) is 8.52. The number of halogens is 6. The molecule has 2 nitrogen and oxygen atoms in total. The van der Waals surface area contributed by atoms with Crippen LogP contribution in [-0.4, -0.2) is 33.8 Å². The zero-order valence-corrected chi connectivity index (χ0v) is 18.3. The number of benzene rings is 2. The van der Waals surface area contributed by atoms with Gasteiger partial charge in [-0.25, -0.2) is 0 Å². The zero-order valence-electron chi connectivity index (χ0n) is 18.3.